The minimum absolute atomic E-state index is 0.145. The zero-order chi connectivity index (χ0) is 19.6. The molecule has 0 fully saturated rings. The highest BCUT2D eigenvalue weighted by molar-refractivity contribution is 7.90. The van der Waals surface area contributed by atoms with E-state index in [0.717, 1.165) is 6.26 Å². The predicted octanol–water partition coefficient (Wildman–Crippen LogP) is 2.65. The Morgan fingerprint density at radius 3 is 2.44 bits per heavy atom. The van der Waals surface area contributed by atoms with E-state index in [-0.39, 0.29) is 17.3 Å². The summed E-state index contributed by atoms with van der Waals surface area (Å²) in [5.41, 5.74) is 1.32. The number of hydrogen-bond acceptors (Lipinski definition) is 4. The molecule has 1 N–H and O–H groups in total. The summed E-state index contributed by atoms with van der Waals surface area (Å²) in [6, 6.07) is 10.4. The van der Waals surface area contributed by atoms with Gasteiger partial charge >= 0.3 is 0 Å². The molecule has 0 aliphatic rings. The molecule has 0 spiro atoms. The molecule has 0 saturated heterocycles. The second kappa shape index (κ2) is 7.32. The number of carbonyl (C=O) groups excluding carboxylic acids is 1. The van der Waals surface area contributed by atoms with Gasteiger partial charge in [-0.1, -0.05) is 6.07 Å². The van der Waals surface area contributed by atoms with Gasteiger partial charge in [-0.2, -0.15) is 0 Å². The van der Waals surface area contributed by atoms with Crippen LogP contribution in [-0.2, 0) is 16.4 Å². The van der Waals surface area contributed by atoms with Gasteiger partial charge in [0.25, 0.3) is 5.91 Å². The topological polar surface area (TPSA) is 81.1 Å². The van der Waals surface area contributed by atoms with Crippen LogP contribution in [0.3, 0.4) is 0 Å². The first kappa shape index (κ1) is 18.8. The Balaban J connectivity index is 1.69. The summed E-state index contributed by atoms with van der Waals surface area (Å²) >= 11 is 0. The molecular weight excluding hydrogens is 369 g/mol. The normalized spacial score (nSPS) is 11.4. The summed E-state index contributed by atoms with van der Waals surface area (Å²) in [7, 11) is -3.31. The van der Waals surface area contributed by atoms with Crippen LogP contribution in [0, 0.1) is 12.7 Å². The van der Waals surface area contributed by atoms with Crippen molar-refractivity contribution in [2.45, 2.75) is 18.4 Å². The highest BCUT2D eigenvalue weighted by Crippen LogP contribution is 2.17. The van der Waals surface area contributed by atoms with E-state index in [1.54, 1.807) is 36.0 Å². The van der Waals surface area contributed by atoms with E-state index < -0.39 is 15.7 Å². The molecule has 1 amide bonds. The second-order valence-corrected chi connectivity index (χ2v) is 8.13. The summed E-state index contributed by atoms with van der Waals surface area (Å²) < 4.78 is 38.9. The number of amides is 1. The Labute approximate surface area is 156 Å². The molecule has 0 atom stereocenters. The van der Waals surface area contributed by atoms with E-state index in [4.69, 9.17) is 0 Å². The Bertz CT molecular complexity index is 1090. The van der Waals surface area contributed by atoms with Crippen LogP contribution >= 0.6 is 0 Å². The fourth-order valence-electron chi connectivity index (χ4n) is 2.63. The molecule has 140 valence electrons. The highest BCUT2D eigenvalue weighted by atomic mass is 32.2. The number of benzene rings is 2. The molecule has 3 rings (SSSR count). The lowest BCUT2D eigenvalue weighted by atomic mass is 10.1. The van der Waals surface area contributed by atoms with Crippen LogP contribution in [0.5, 0.6) is 0 Å². The number of nitrogens with one attached hydrogen (secondary N) is 1. The fraction of sp³-hybridized carbons (Fsp3) is 0.158. The Morgan fingerprint density at radius 2 is 1.89 bits per heavy atom. The van der Waals surface area contributed by atoms with Gasteiger partial charge in [-0.3, -0.25) is 4.79 Å². The number of rotatable bonds is 5. The van der Waals surface area contributed by atoms with Gasteiger partial charge in [-0.25, -0.2) is 17.8 Å². The predicted molar refractivity (Wildman–Crippen MR) is 99.0 cm³/mol. The third-order valence-corrected chi connectivity index (χ3v) is 5.22. The number of aryl methyl sites for hydroxylation is 1. The molecule has 0 aliphatic carbocycles. The number of halogens is 1. The second-order valence-electron chi connectivity index (χ2n) is 6.11. The maximum Gasteiger partial charge on any atom is 0.251 e. The van der Waals surface area contributed by atoms with Crippen LogP contribution in [0.15, 0.2) is 59.8 Å². The van der Waals surface area contributed by atoms with E-state index in [1.807, 2.05) is 0 Å². The third kappa shape index (κ3) is 4.22. The van der Waals surface area contributed by atoms with Gasteiger partial charge in [0.1, 0.15) is 11.6 Å². The van der Waals surface area contributed by atoms with E-state index in [0.29, 0.717) is 22.6 Å². The Hall–Kier alpha value is -3.00. The Morgan fingerprint density at radius 1 is 1.19 bits per heavy atom. The number of sulfone groups is 1. The summed E-state index contributed by atoms with van der Waals surface area (Å²) in [5, 5.41) is 2.69. The van der Waals surface area contributed by atoms with Crippen molar-refractivity contribution in [2.75, 3.05) is 6.26 Å². The zero-order valence-corrected chi connectivity index (χ0v) is 15.6. The first-order valence-electron chi connectivity index (χ1n) is 8.13. The lowest BCUT2D eigenvalue weighted by molar-refractivity contribution is 0.0950. The Kier molecular flexibility index (Phi) is 5.09. The standard InChI is InChI=1S/C19H18FN3O3S/c1-13-21-9-10-23(13)18-8-3-14(11-17(18)20)12-22-19(24)15-4-6-16(7-5-15)27(2,25)26/h3-11H,12H2,1-2H3,(H,22,24). The van der Waals surface area contributed by atoms with Gasteiger partial charge in [0.15, 0.2) is 9.84 Å². The zero-order valence-electron chi connectivity index (χ0n) is 14.8. The molecule has 3 aromatic rings. The van der Waals surface area contributed by atoms with Crippen LogP contribution in [0.1, 0.15) is 21.7 Å². The van der Waals surface area contributed by atoms with Crippen molar-refractivity contribution >= 4 is 15.7 Å². The third-order valence-electron chi connectivity index (χ3n) is 4.10. The minimum Gasteiger partial charge on any atom is -0.348 e. The lowest BCUT2D eigenvalue weighted by Gasteiger charge is -2.10. The van der Waals surface area contributed by atoms with Crippen molar-refractivity contribution in [3.63, 3.8) is 0 Å². The monoisotopic (exact) mass is 387 g/mol. The highest BCUT2D eigenvalue weighted by Gasteiger charge is 2.11. The molecule has 8 heteroatoms. The number of nitrogens with zero attached hydrogens (tertiary/aromatic N) is 2. The first-order chi connectivity index (χ1) is 12.8. The van der Waals surface area contributed by atoms with Crippen molar-refractivity contribution in [1.29, 1.82) is 0 Å². The molecule has 2 aromatic carbocycles. The molecule has 0 radical (unpaired) electrons. The van der Waals surface area contributed by atoms with Crippen molar-refractivity contribution in [1.82, 2.24) is 14.9 Å². The summed E-state index contributed by atoms with van der Waals surface area (Å²) in [5.74, 6) is -0.113. The van der Waals surface area contributed by atoms with Crippen molar-refractivity contribution < 1.29 is 17.6 Å². The number of carbonyl (C=O) groups is 1. The molecule has 0 bridgehead atoms. The summed E-state index contributed by atoms with van der Waals surface area (Å²) in [4.78, 5) is 16.4. The average Bonchev–Trinajstić information content (AvgIpc) is 3.05. The molecule has 1 heterocycles. The molecular formula is C19H18FN3O3S. The molecule has 0 unspecified atom stereocenters. The van der Waals surface area contributed by atoms with Gasteiger partial charge in [-0.05, 0) is 48.9 Å². The fourth-order valence-corrected chi connectivity index (χ4v) is 3.26. The molecule has 0 saturated carbocycles. The SMILES string of the molecule is Cc1nccn1-c1ccc(CNC(=O)c2ccc(S(C)(=O)=O)cc2)cc1F. The number of imidazole rings is 1. The van der Waals surface area contributed by atoms with Crippen LogP contribution < -0.4 is 5.32 Å². The largest absolute Gasteiger partial charge is 0.348 e. The van der Waals surface area contributed by atoms with Crippen LogP contribution in [-0.4, -0.2) is 30.1 Å². The van der Waals surface area contributed by atoms with Gasteiger partial charge in [-0.15, -0.1) is 0 Å². The minimum atomic E-state index is -3.31. The van der Waals surface area contributed by atoms with E-state index in [1.165, 1.54) is 30.3 Å². The maximum atomic E-state index is 14.4. The van der Waals surface area contributed by atoms with Crippen LogP contribution in [0.2, 0.25) is 0 Å². The molecule has 27 heavy (non-hydrogen) atoms. The van der Waals surface area contributed by atoms with Crippen LogP contribution in [0.4, 0.5) is 4.39 Å². The average molecular weight is 387 g/mol. The summed E-state index contributed by atoms with van der Waals surface area (Å²) in [6.07, 6.45) is 4.37. The van der Waals surface area contributed by atoms with Crippen molar-refractivity contribution in [3.05, 3.63) is 77.6 Å². The first-order valence-corrected chi connectivity index (χ1v) is 10.0. The molecule has 0 aliphatic heterocycles. The van der Waals surface area contributed by atoms with E-state index >= 15 is 0 Å². The molecule has 6 nitrogen and oxygen atoms in total. The maximum absolute atomic E-state index is 14.4. The smallest absolute Gasteiger partial charge is 0.251 e. The van der Waals surface area contributed by atoms with E-state index in [9.17, 15) is 17.6 Å². The van der Waals surface area contributed by atoms with Gasteiger partial charge < -0.3 is 9.88 Å². The summed E-state index contributed by atoms with van der Waals surface area (Å²) in [6.45, 7) is 1.93. The number of hydrogen-bond donors (Lipinski definition) is 1. The van der Waals surface area contributed by atoms with Gasteiger partial charge in [0, 0.05) is 30.8 Å². The molecule has 1 aromatic heterocycles. The quantitative estimate of drug-likeness (QED) is 0.730. The van der Waals surface area contributed by atoms with Gasteiger partial charge in [0.05, 0.1) is 10.6 Å². The lowest BCUT2D eigenvalue weighted by Crippen LogP contribution is -2.23. The van der Waals surface area contributed by atoms with Crippen molar-refractivity contribution in [2.24, 2.45) is 0 Å². The van der Waals surface area contributed by atoms with Gasteiger partial charge in [0.2, 0.25) is 0 Å². The van der Waals surface area contributed by atoms with Crippen LogP contribution in [0.25, 0.3) is 5.69 Å². The van der Waals surface area contributed by atoms with Crippen molar-refractivity contribution in [3.8, 4) is 5.69 Å². The van der Waals surface area contributed by atoms with E-state index in [2.05, 4.69) is 10.3 Å². The number of aromatic nitrogens is 2.